The third kappa shape index (κ3) is 5.55. The van der Waals surface area contributed by atoms with Gasteiger partial charge in [-0.1, -0.05) is 0 Å². The summed E-state index contributed by atoms with van der Waals surface area (Å²) >= 11 is 0. The number of aromatic carboxylic acids is 1. The van der Waals surface area contributed by atoms with E-state index in [1.165, 1.54) is 23.1 Å². The zero-order valence-corrected chi connectivity index (χ0v) is 17.9. The number of anilines is 1. The van der Waals surface area contributed by atoms with Crippen molar-refractivity contribution in [3.05, 3.63) is 41.9 Å². The predicted molar refractivity (Wildman–Crippen MR) is 114 cm³/mol. The molecule has 0 spiro atoms. The summed E-state index contributed by atoms with van der Waals surface area (Å²) in [5.41, 5.74) is 0.506. The van der Waals surface area contributed by atoms with Crippen molar-refractivity contribution in [1.82, 2.24) is 19.7 Å². The second kappa shape index (κ2) is 9.53. The van der Waals surface area contributed by atoms with Gasteiger partial charge in [0.25, 0.3) is 0 Å². The Morgan fingerprint density at radius 3 is 2.31 bits per heavy atom. The van der Waals surface area contributed by atoms with E-state index in [0.29, 0.717) is 22.4 Å². The molecule has 0 aromatic carbocycles. The Labute approximate surface area is 183 Å². The molecule has 3 rings (SSSR count). The number of rotatable bonds is 4. The molecule has 0 saturated carbocycles. The number of aliphatic carboxylic acids is 1. The van der Waals surface area contributed by atoms with Gasteiger partial charge >= 0.3 is 11.9 Å². The van der Waals surface area contributed by atoms with E-state index in [-0.39, 0.29) is 11.3 Å². The minimum absolute atomic E-state index is 0.0537. The average Bonchev–Trinajstić information content (AvgIpc) is 3.16. The number of hydrogen-bond donors (Lipinski definition) is 3. The largest absolute Gasteiger partial charge is 0.481 e. The number of carboxylic acids is 2. The van der Waals surface area contributed by atoms with Crippen molar-refractivity contribution in [1.29, 1.82) is 10.5 Å². The van der Waals surface area contributed by atoms with E-state index in [0.717, 1.165) is 0 Å². The fourth-order valence-electron chi connectivity index (χ4n) is 2.27. The molecule has 0 fully saturated rings. The van der Waals surface area contributed by atoms with Crippen LogP contribution in [0, 0.1) is 28.1 Å². The van der Waals surface area contributed by atoms with Gasteiger partial charge in [0.1, 0.15) is 17.7 Å². The van der Waals surface area contributed by atoms with Crippen LogP contribution in [0.1, 0.15) is 43.6 Å². The van der Waals surface area contributed by atoms with Crippen LogP contribution in [0.3, 0.4) is 0 Å². The molecule has 1 atom stereocenters. The molecule has 0 unspecified atom stereocenters. The van der Waals surface area contributed by atoms with E-state index >= 15 is 0 Å². The number of carbonyl (C=O) groups is 2. The first-order chi connectivity index (χ1) is 15.0. The summed E-state index contributed by atoms with van der Waals surface area (Å²) in [7, 11) is 0. The van der Waals surface area contributed by atoms with Gasteiger partial charge in [-0.15, -0.1) is 0 Å². The maximum atomic E-state index is 11.3. The van der Waals surface area contributed by atoms with Gasteiger partial charge in [0.2, 0.25) is 0 Å². The average molecular weight is 435 g/mol. The lowest BCUT2D eigenvalue weighted by molar-refractivity contribution is -0.145. The minimum atomic E-state index is -1.16. The lowest BCUT2D eigenvalue weighted by Gasteiger charge is -2.12. The Balaban J connectivity index is 0.000000451. The smallest absolute Gasteiger partial charge is 0.339 e. The Morgan fingerprint density at radius 2 is 1.78 bits per heavy atom. The van der Waals surface area contributed by atoms with Gasteiger partial charge in [-0.25, -0.2) is 14.8 Å². The first kappa shape index (κ1) is 23.8. The molecule has 0 aliphatic rings. The number of pyridine rings is 2. The number of nitrogens with zero attached hydrogens (tertiary/aromatic N) is 6. The first-order valence-electron chi connectivity index (χ1n) is 9.35. The summed E-state index contributed by atoms with van der Waals surface area (Å²) in [4.78, 5) is 29.7. The van der Waals surface area contributed by atoms with Crippen molar-refractivity contribution >= 4 is 28.7 Å². The Morgan fingerprint density at radius 1 is 1.12 bits per heavy atom. The quantitative estimate of drug-likeness (QED) is 0.552. The molecule has 11 heteroatoms. The Hall–Kier alpha value is -4.51. The van der Waals surface area contributed by atoms with Gasteiger partial charge in [-0.05, 0) is 33.8 Å². The van der Waals surface area contributed by atoms with E-state index in [4.69, 9.17) is 15.6 Å². The zero-order valence-electron chi connectivity index (χ0n) is 17.9. The predicted octanol–water partition coefficient (Wildman–Crippen LogP) is 2.83. The molecule has 11 nitrogen and oxygen atoms in total. The highest BCUT2D eigenvalue weighted by atomic mass is 16.4. The molecule has 0 aliphatic carbocycles. The zero-order chi connectivity index (χ0) is 24.1. The molecule has 0 radical (unpaired) electrons. The normalized spacial score (nSPS) is 11.4. The summed E-state index contributed by atoms with van der Waals surface area (Å²) in [5, 5.41) is 43.1. The summed E-state index contributed by atoms with van der Waals surface area (Å²) in [6, 6.07) is 6.54. The van der Waals surface area contributed by atoms with Gasteiger partial charge in [-0.2, -0.15) is 20.3 Å². The Kier molecular flexibility index (Phi) is 7.08. The highest BCUT2D eigenvalue weighted by Gasteiger charge is 2.19. The van der Waals surface area contributed by atoms with Crippen LogP contribution in [0.5, 0.6) is 0 Å². The van der Waals surface area contributed by atoms with E-state index in [9.17, 15) is 14.7 Å². The van der Waals surface area contributed by atoms with Gasteiger partial charge in [0.15, 0.2) is 11.5 Å². The van der Waals surface area contributed by atoms with Crippen LogP contribution < -0.4 is 5.32 Å². The van der Waals surface area contributed by atoms with E-state index in [1.807, 2.05) is 12.1 Å². The van der Waals surface area contributed by atoms with Crippen LogP contribution in [0.4, 0.5) is 5.69 Å². The molecule has 32 heavy (non-hydrogen) atoms. The maximum absolute atomic E-state index is 11.3. The topological polar surface area (TPSA) is 178 Å². The third-order valence-corrected chi connectivity index (χ3v) is 4.08. The van der Waals surface area contributed by atoms with Gasteiger partial charge < -0.3 is 15.5 Å². The number of fused-ring (bicyclic) bond motifs is 1. The fourth-order valence-corrected chi connectivity index (χ4v) is 2.27. The summed E-state index contributed by atoms with van der Waals surface area (Å²) in [6.07, 6.45) is 4.16. The van der Waals surface area contributed by atoms with Crippen molar-refractivity contribution in [3.8, 4) is 18.0 Å². The van der Waals surface area contributed by atoms with E-state index in [2.05, 4.69) is 20.4 Å². The Bertz CT molecular complexity index is 1250. The molecule has 0 aliphatic heterocycles. The number of carboxylic acid groups (broad SMARTS) is 2. The SMILES string of the molecule is CC(C)(C)C(=O)O.C[C@H](C#N)Nc1cc(-n2ncc3cc(C#N)cnc32)ncc1C(=O)O. The van der Waals surface area contributed by atoms with Crippen LogP contribution in [0.15, 0.2) is 30.7 Å². The van der Waals surface area contributed by atoms with Gasteiger partial charge in [0, 0.05) is 23.8 Å². The van der Waals surface area contributed by atoms with Gasteiger partial charge in [-0.3, -0.25) is 4.79 Å². The highest BCUT2D eigenvalue weighted by molar-refractivity contribution is 5.94. The minimum Gasteiger partial charge on any atom is -0.481 e. The molecule has 3 aromatic heterocycles. The molecule has 0 saturated heterocycles. The van der Waals surface area contributed by atoms with Crippen LogP contribution in [-0.4, -0.2) is 47.9 Å². The van der Waals surface area contributed by atoms with Crippen molar-refractivity contribution in [3.63, 3.8) is 0 Å². The molecular formula is C21H21N7O4. The molecular weight excluding hydrogens is 414 g/mol. The number of nitrogens with one attached hydrogen (secondary N) is 1. The van der Waals surface area contributed by atoms with Crippen molar-refractivity contribution in [2.24, 2.45) is 5.41 Å². The lowest BCUT2D eigenvalue weighted by atomic mass is 9.98. The van der Waals surface area contributed by atoms with E-state index < -0.39 is 23.4 Å². The summed E-state index contributed by atoms with van der Waals surface area (Å²) in [6.45, 7) is 6.60. The maximum Gasteiger partial charge on any atom is 0.339 e. The van der Waals surface area contributed by atoms with Crippen LogP contribution in [0.2, 0.25) is 0 Å². The van der Waals surface area contributed by atoms with Crippen molar-refractivity contribution in [2.75, 3.05) is 5.32 Å². The highest BCUT2D eigenvalue weighted by Crippen LogP contribution is 2.22. The van der Waals surface area contributed by atoms with Gasteiger partial charge in [0.05, 0.1) is 28.9 Å². The second-order valence-electron chi connectivity index (χ2n) is 7.75. The molecule has 0 bridgehead atoms. The number of aromatic nitrogens is 4. The number of hydrogen-bond acceptors (Lipinski definition) is 8. The lowest BCUT2D eigenvalue weighted by Crippen LogP contribution is -2.18. The van der Waals surface area contributed by atoms with Crippen LogP contribution >= 0.6 is 0 Å². The first-order valence-corrected chi connectivity index (χ1v) is 9.35. The summed E-state index contributed by atoms with van der Waals surface area (Å²) < 4.78 is 1.43. The number of nitriles is 2. The molecule has 3 aromatic rings. The second-order valence-corrected chi connectivity index (χ2v) is 7.75. The molecule has 3 heterocycles. The molecule has 3 N–H and O–H groups in total. The van der Waals surface area contributed by atoms with Crippen molar-refractivity contribution < 1.29 is 19.8 Å². The molecule has 164 valence electrons. The van der Waals surface area contributed by atoms with Crippen molar-refractivity contribution in [2.45, 2.75) is 33.7 Å². The monoisotopic (exact) mass is 435 g/mol. The third-order valence-electron chi connectivity index (χ3n) is 4.08. The molecule has 0 amide bonds. The van der Waals surface area contributed by atoms with Crippen LogP contribution in [-0.2, 0) is 4.79 Å². The van der Waals surface area contributed by atoms with E-state index in [1.54, 1.807) is 40.0 Å². The van der Waals surface area contributed by atoms with Crippen LogP contribution in [0.25, 0.3) is 16.9 Å². The summed E-state index contributed by atoms with van der Waals surface area (Å²) in [5.74, 6) is -1.58. The fraction of sp³-hybridized carbons (Fsp3) is 0.286. The standard InChI is InChI=1S/C16H11N7O2.C5H10O2/c1-9(4-17)22-13-3-14(19-8-12(13)16(24)25)23-15-11(7-21-23)2-10(5-18)6-20-15;1-5(2,3)4(6)7/h2-3,6-9H,1H3,(H,19,22)(H,24,25);1-3H3,(H,6,7)/t9-;/m1./s1.